The number of ether oxygens (including phenoxy) is 4. The predicted molar refractivity (Wildman–Crippen MR) is 432 cm³/mol. The minimum Gasteiger partial charge on any atom is -0.462 e. The highest BCUT2D eigenvalue weighted by Crippen LogP contribution is 2.45. The molecule has 0 heterocycles. The van der Waals surface area contributed by atoms with E-state index in [2.05, 4.69) is 55.4 Å². The molecule has 6 atom stereocenters. The van der Waals surface area contributed by atoms with Crippen LogP contribution in [0.2, 0.25) is 0 Å². The molecule has 0 fully saturated rings. The first-order chi connectivity index (χ1) is 50.6. The molecule has 3 unspecified atom stereocenters. The van der Waals surface area contributed by atoms with Gasteiger partial charge in [-0.2, -0.15) is 0 Å². The third kappa shape index (κ3) is 78.5. The zero-order valence-corrected chi connectivity index (χ0v) is 71.2. The van der Waals surface area contributed by atoms with Crippen molar-refractivity contribution < 1.29 is 80.2 Å². The Bertz CT molecular complexity index is 2040. The van der Waals surface area contributed by atoms with E-state index in [1.54, 1.807) is 0 Å². The Morgan fingerprint density at radius 3 is 0.676 bits per heavy atom. The van der Waals surface area contributed by atoms with Crippen molar-refractivity contribution in [3.63, 3.8) is 0 Å². The van der Waals surface area contributed by atoms with Crippen molar-refractivity contribution in [1.82, 2.24) is 0 Å². The minimum absolute atomic E-state index is 0.106. The Kier molecular flexibility index (Phi) is 73.4. The minimum atomic E-state index is -4.97. The van der Waals surface area contributed by atoms with Gasteiger partial charge in [0.15, 0.2) is 12.2 Å². The van der Waals surface area contributed by atoms with Gasteiger partial charge in [-0.25, -0.2) is 9.13 Å². The molecule has 19 heteroatoms. The van der Waals surface area contributed by atoms with Gasteiger partial charge in [-0.15, -0.1) is 0 Å². The molecular formula is C86H168O17P2. The van der Waals surface area contributed by atoms with E-state index in [9.17, 15) is 43.2 Å². The quantitative estimate of drug-likeness (QED) is 0.0222. The Morgan fingerprint density at radius 1 is 0.267 bits per heavy atom. The lowest BCUT2D eigenvalue weighted by molar-refractivity contribution is -0.161. The number of aliphatic hydroxyl groups is 1. The zero-order valence-electron chi connectivity index (χ0n) is 69.4. The fourth-order valence-corrected chi connectivity index (χ4v) is 14.9. The Labute approximate surface area is 645 Å². The van der Waals surface area contributed by atoms with Gasteiger partial charge in [0.25, 0.3) is 0 Å². The first-order valence-corrected chi connectivity index (χ1v) is 47.2. The maximum atomic E-state index is 13.1. The predicted octanol–water partition coefficient (Wildman–Crippen LogP) is 25.9. The van der Waals surface area contributed by atoms with E-state index in [0.717, 1.165) is 114 Å². The molecule has 0 aliphatic carbocycles. The molecule has 0 aromatic rings. The molecule has 0 aromatic heterocycles. The van der Waals surface area contributed by atoms with Crippen molar-refractivity contribution in [2.75, 3.05) is 39.6 Å². The Morgan fingerprint density at radius 2 is 0.457 bits per heavy atom. The van der Waals surface area contributed by atoms with Gasteiger partial charge in [0.2, 0.25) is 0 Å². The lowest BCUT2D eigenvalue weighted by Gasteiger charge is -2.21. The van der Waals surface area contributed by atoms with Crippen molar-refractivity contribution in [3.05, 3.63) is 0 Å². The van der Waals surface area contributed by atoms with E-state index < -0.39 is 97.5 Å². The fourth-order valence-electron chi connectivity index (χ4n) is 13.3. The third-order valence-electron chi connectivity index (χ3n) is 20.4. The summed E-state index contributed by atoms with van der Waals surface area (Å²) in [6.45, 7) is 14.3. The van der Waals surface area contributed by atoms with Gasteiger partial charge in [-0.3, -0.25) is 37.3 Å². The summed E-state index contributed by atoms with van der Waals surface area (Å²) in [5.41, 5.74) is 0. The number of rotatable bonds is 83. The van der Waals surface area contributed by atoms with Crippen LogP contribution in [0.1, 0.15) is 447 Å². The van der Waals surface area contributed by atoms with Crippen LogP contribution in [-0.2, 0) is 65.4 Å². The summed E-state index contributed by atoms with van der Waals surface area (Å²) in [5.74, 6) is 1.03. The summed E-state index contributed by atoms with van der Waals surface area (Å²) in [5, 5.41) is 10.7. The molecule has 0 saturated carbocycles. The van der Waals surface area contributed by atoms with Gasteiger partial charge in [0, 0.05) is 25.7 Å². The number of hydrogen-bond donors (Lipinski definition) is 3. The largest absolute Gasteiger partial charge is 0.472 e. The van der Waals surface area contributed by atoms with Crippen LogP contribution in [0, 0.1) is 23.7 Å². The van der Waals surface area contributed by atoms with Crippen molar-refractivity contribution in [2.45, 2.75) is 465 Å². The zero-order chi connectivity index (χ0) is 77.4. The van der Waals surface area contributed by atoms with Gasteiger partial charge in [0.1, 0.15) is 19.3 Å². The van der Waals surface area contributed by atoms with Crippen LogP contribution in [0.5, 0.6) is 0 Å². The molecule has 0 rings (SSSR count). The number of phosphoric ester groups is 2. The fraction of sp³-hybridized carbons (Fsp3) is 0.953. The van der Waals surface area contributed by atoms with Crippen LogP contribution >= 0.6 is 15.6 Å². The Balaban J connectivity index is 5.21. The van der Waals surface area contributed by atoms with Gasteiger partial charge < -0.3 is 33.8 Å². The average molecular weight is 1540 g/mol. The van der Waals surface area contributed by atoms with Crippen molar-refractivity contribution in [2.24, 2.45) is 23.7 Å². The van der Waals surface area contributed by atoms with Crippen molar-refractivity contribution >= 4 is 39.5 Å². The van der Waals surface area contributed by atoms with E-state index in [1.807, 2.05) is 0 Å². The highest BCUT2D eigenvalue weighted by Gasteiger charge is 2.31. The summed E-state index contributed by atoms with van der Waals surface area (Å²) in [4.78, 5) is 73.1. The van der Waals surface area contributed by atoms with E-state index in [0.29, 0.717) is 31.6 Å². The number of aliphatic hydroxyl groups excluding tert-OH is 1. The van der Waals surface area contributed by atoms with E-state index in [-0.39, 0.29) is 25.7 Å². The molecule has 0 amide bonds. The molecule has 105 heavy (non-hydrogen) atoms. The third-order valence-corrected chi connectivity index (χ3v) is 22.3. The van der Waals surface area contributed by atoms with E-state index in [1.165, 1.54) is 244 Å². The first kappa shape index (κ1) is 103. The Hall–Kier alpha value is -1.94. The van der Waals surface area contributed by atoms with Gasteiger partial charge in [-0.05, 0) is 49.4 Å². The molecule has 3 N–H and O–H groups in total. The number of esters is 4. The summed E-state index contributed by atoms with van der Waals surface area (Å²) >= 11 is 0. The van der Waals surface area contributed by atoms with Crippen molar-refractivity contribution in [1.29, 1.82) is 0 Å². The standard InChI is InChI=1S/C86H168O17P2/c1-9-79(8)65-57-49-40-34-28-21-17-12-10-11-13-19-23-30-36-42-52-60-68-85(90)102-81(72-96-83(88)66-58-50-41-35-29-22-18-15-14-16-20-26-32-38-46-54-62-76(2)3)74-100-104(92,93)98-70-80(87)71-99-105(94,95)101-75-82(73-97-84(89)67-59-51-45-44-48-56-64-78(6)7)103-86(91)69-61-53-43-37-31-25-24-27-33-39-47-55-63-77(4)5/h76-82,87H,9-75H2,1-8H3,(H,92,93)(H,94,95)/t79?,80-,81-,82-/m1/s1. The van der Waals surface area contributed by atoms with Crippen LogP contribution in [0.15, 0.2) is 0 Å². The normalized spacial score (nSPS) is 14.2. The molecule has 0 saturated heterocycles. The summed E-state index contributed by atoms with van der Waals surface area (Å²) < 4.78 is 68.8. The second-order valence-corrected chi connectivity index (χ2v) is 35.5. The number of hydrogen-bond acceptors (Lipinski definition) is 15. The number of phosphoric acid groups is 2. The van der Waals surface area contributed by atoms with Crippen LogP contribution in [0.4, 0.5) is 0 Å². The number of carbonyl (C=O) groups excluding carboxylic acids is 4. The second-order valence-electron chi connectivity index (χ2n) is 32.6. The monoisotopic (exact) mass is 1540 g/mol. The second kappa shape index (κ2) is 74.8. The average Bonchev–Trinajstić information content (AvgIpc) is 0.918. The van der Waals surface area contributed by atoms with Gasteiger partial charge in [-0.1, -0.05) is 396 Å². The topological polar surface area (TPSA) is 237 Å². The van der Waals surface area contributed by atoms with Crippen LogP contribution in [0.25, 0.3) is 0 Å². The highest BCUT2D eigenvalue weighted by atomic mass is 31.2. The van der Waals surface area contributed by atoms with Gasteiger partial charge >= 0.3 is 39.5 Å². The molecule has 0 spiro atoms. The first-order valence-electron chi connectivity index (χ1n) is 44.2. The molecule has 0 radical (unpaired) electrons. The summed E-state index contributed by atoms with van der Waals surface area (Å²) in [6.07, 6.45) is 64.1. The summed E-state index contributed by atoms with van der Waals surface area (Å²) in [7, 11) is -9.93. The molecule has 17 nitrogen and oxygen atoms in total. The maximum absolute atomic E-state index is 13.1. The molecular weight excluding hydrogens is 1370 g/mol. The van der Waals surface area contributed by atoms with Crippen LogP contribution in [0.3, 0.4) is 0 Å². The molecule has 624 valence electrons. The highest BCUT2D eigenvalue weighted by molar-refractivity contribution is 7.47. The SMILES string of the molecule is CCC(C)CCCCCCCCCCCCCCCCCCCCC(=O)O[C@H](COC(=O)CCCCCCCCCCCCCCCCCCC(C)C)COP(=O)(O)OC[C@@H](O)COP(=O)(O)OC[C@@H](COC(=O)CCCCCCCCC(C)C)OC(=O)CCCCCCCCCCCCCCC(C)C. The number of unbranched alkanes of at least 4 members (excludes halogenated alkanes) is 48. The van der Waals surface area contributed by atoms with Crippen LogP contribution in [-0.4, -0.2) is 96.7 Å². The summed E-state index contributed by atoms with van der Waals surface area (Å²) in [6, 6.07) is 0. The lowest BCUT2D eigenvalue weighted by Crippen LogP contribution is -2.30. The molecule has 0 aliphatic rings. The molecule has 0 aliphatic heterocycles. The smallest absolute Gasteiger partial charge is 0.462 e. The maximum Gasteiger partial charge on any atom is 0.472 e. The number of carbonyl (C=O) groups is 4. The molecule has 0 aromatic carbocycles. The van der Waals surface area contributed by atoms with Crippen molar-refractivity contribution in [3.8, 4) is 0 Å². The van der Waals surface area contributed by atoms with Crippen LogP contribution < -0.4 is 0 Å². The lowest BCUT2D eigenvalue weighted by atomic mass is 9.99. The van der Waals surface area contributed by atoms with E-state index >= 15 is 0 Å². The van der Waals surface area contributed by atoms with E-state index in [4.69, 9.17) is 37.0 Å². The molecule has 0 bridgehead atoms. The van der Waals surface area contributed by atoms with Gasteiger partial charge in [0.05, 0.1) is 26.4 Å².